The van der Waals surface area contributed by atoms with Gasteiger partial charge in [0.05, 0.1) is 0 Å². The van der Waals surface area contributed by atoms with E-state index in [1.165, 1.54) is 0 Å². The van der Waals surface area contributed by atoms with Crippen molar-refractivity contribution in [1.29, 1.82) is 0 Å². The summed E-state index contributed by atoms with van der Waals surface area (Å²) < 4.78 is 58.9. The molecule has 23 heavy (non-hydrogen) atoms. The van der Waals surface area contributed by atoms with Crippen molar-refractivity contribution in [2.75, 3.05) is 11.5 Å². The molecule has 4 nitrogen and oxygen atoms in total. The van der Waals surface area contributed by atoms with Crippen molar-refractivity contribution < 1.29 is 31.2 Å². The van der Waals surface area contributed by atoms with Crippen molar-refractivity contribution in [3.05, 3.63) is 43.0 Å². The van der Waals surface area contributed by atoms with Crippen molar-refractivity contribution >= 4 is 13.2 Å². The van der Waals surface area contributed by atoms with Crippen LogP contribution in [0.2, 0.25) is 9.26 Å². The summed E-state index contributed by atoms with van der Waals surface area (Å²) in [6.07, 6.45) is 11.6. The van der Waals surface area contributed by atoms with Crippen molar-refractivity contribution in [2.45, 2.75) is 36.0 Å². The van der Waals surface area contributed by atoms with E-state index < -0.39 is 27.6 Å². The van der Waals surface area contributed by atoms with Crippen LogP contribution in [-0.2, 0) is 27.6 Å². The first-order valence-electron chi connectivity index (χ1n) is 8.00. The Hall–Kier alpha value is -0.257. The van der Waals surface area contributed by atoms with Crippen LogP contribution in [0.1, 0.15) is 26.7 Å². The Balaban J connectivity index is 3.19. The van der Waals surface area contributed by atoms with Crippen molar-refractivity contribution in [3.63, 3.8) is 0 Å². The van der Waals surface area contributed by atoms with Gasteiger partial charge in [-0.05, 0) is 0 Å². The fourth-order valence-corrected chi connectivity index (χ4v) is 60.1. The molecule has 0 fully saturated rings. The van der Waals surface area contributed by atoms with Crippen LogP contribution in [-0.4, -0.2) is 28.3 Å². The molecular weight excluding hydrogens is 412 g/mol. The molecule has 0 atom stereocenters. The van der Waals surface area contributed by atoms with Crippen LogP contribution in [0.15, 0.2) is 43.0 Å². The molecule has 0 unspecified atom stereocenters. The number of hydrogen-bond donors (Lipinski definition) is 0. The molecule has 0 aliphatic heterocycles. The molecule has 2 aliphatic rings. The van der Waals surface area contributed by atoms with E-state index in [0.717, 1.165) is 0 Å². The molecule has 0 amide bonds. The van der Waals surface area contributed by atoms with Gasteiger partial charge in [-0.15, -0.1) is 0 Å². The second kappa shape index (κ2) is 5.12. The fraction of sp³-hybridized carbons (Fsp3) is 0.500. The van der Waals surface area contributed by atoms with Crippen LogP contribution in [0.3, 0.4) is 0 Å². The summed E-state index contributed by atoms with van der Waals surface area (Å²) in [7, 11) is 0. The minimum atomic E-state index is -6.17. The summed E-state index contributed by atoms with van der Waals surface area (Å²) in [5.41, 5.74) is 0. The van der Waals surface area contributed by atoms with Gasteiger partial charge in [-0.3, -0.25) is 0 Å². The van der Waals surface area contributed by atoms with Gasteiger partial charge in [-0.25, -0.2) is 0 Å². The molecular formula is C16H26O4S2Zr. The fourth-order valence-electron chi connectivity index (χ4n) is 4.31. The molecule has 2 rings (SSSR count). The first-order valence-corrected chi connectivity index (χ1v) is 24.7. The molecule has 0 heterocycles. The summed E-state index contributed by atoms with van der Waals surface area (Å²) >= 11 is -6.17. The van der Waals surface area contributed by atoms with Gasteiger partial charge in [0.15, 0.2) is 0 Å². The second-order valence-corrected chi connectivity index (χ2v) is 56.2. The summed E-state index contributed by atoms with van der Waals surface area (Å²) in [6.45, 7) is -4.59. The normalized spacial score (nSPS) is 21.7. The van der Waals surface area contributed by atoms with E-state index in [2.05, 4.69) is 0 Å². The predicted octanol–water partition coefficient (Wildman–Crippen LogP) is 3.69. The Kier molecular flexibility index (Phi) is 4.25. The number of allylic oxidation sites excluding steroid dienone is 8. The van der Waals surface area contributed by atoms with E-state index >= 15 is 0 Å². The molecule has 0 aromatic carbocycles. The van der Waals surface area contributed by atoms with Crippen LogP contribution in [0, 0.1) is 0 Å². The summed E-state index contributed by atoms with van der Waals surface area (Å²) in [6, 6.07) is 0. The van der Waals surface area contributed by atoms with Gasteiger partial charge < -0.3 is 0 Å². The maximum absolute atomic E-state index is 13.6. The van der Waals surface area contributed by atoms with E-state index in [1.54, 1.807) is 47.4 Å². The van der Waals surface area contributed by atoms with Crippen LogP contribution in [0.25, 0.3) is 0 Å². The first kappa shape index (κ1) is 19.1. The molecule has 7 heteroatoms. The average Bonchev–Trinajstić information content (AvgIpc) is 3.20. The van der Waals surface area contributed by atoms with Gasteiger partial charge in [0, 0.05) is 0 Å². The molecule has 0 aromatic heterocycles. The molecule has 0 saturated carbocycles. The zero-order chi connectivity index (χ0) is 17.6. The third-order valence-electron chi connectivity index (χ3n) is 6.55. The van der Waals surface area contributed by atoms with Gasteiger partial charge in [-0.1, -0.05) is 0 Å². The Morgan fingerprint density at radius 2 is 1.17 bits per heavy atom. The van der Waals surface area contributed by atoms with Crippen LogP contribution in [0.5, 0.6) is 0 Å². The van der Waals surface area contributed by atoms with E-state index in [1.807, 2.05) is 12.2 Å². The molecule has 0 N–H and O–H groups in total. The van der Waals surface area contributed by atoms with E-state index in [9.17, 15) is 16.8 Å². The van der Waals surface area contributed by atoms with Crippen LogP contribution >= 0.6 is 0 Å². The number of rotatable bonds is 6. The molecule has 0 bridgehead atoms. The van der Waals surface area contributed by atoms with E-state index in [4.69, 9.17) is 0 Å². The van der Waals surface area contributed by atoms with Gasteiger partial charge in [-0.2, -0.15) is 0 Å². The van der Waals surface area contributed by atoms with Gasteiger partial charge >= 0.3 is 135 Å². The van der Waals surface area contributed by atoms with E-state index in [-0.39, 0.29) is 11.5 Å². The summed E-state index contributed by atoms with van der Waals surface area (Å²) in [5.74, 6) is -0.323. The zero-order valence-corrected chi connectivity index (χ0v) is 18.3. The maximum atomic E-state index is 13.6. The standard InChI is InChI=1S/2C5H5.2C2H5O2S.2CH3.Zr/c2*1-2-4-5-3-1;2*1-2-5(3)4;;;/h2*1-3H,4H2;2*2H2,1H3;2*1H3;. The van der Waals surface area contributed by atoms with Gasteiger partial charge in [0.1, 0.15) is 0 Å². The molecule has 2 aliphatic carbocycles. The summed E-state index contributed by atoms with van der Waals surface area (Å²) in [5, 5.41) is 0. The van der Waals surface area contributed by atoms with Gasteiger partial charge in [0.25, 0.3) is 0 Å². The molecule has 0 radical (unpaired) electrons. The van der Waals surface area contributed by atoms with Crippen molar-refractivity contribution in [1.82, 2.24) is 0 Å². The van der Waals surface area contributed by atoms with Crippen molar-refractivity contribution in [2.24, 2.45) is 0 Å². The third-order valence-corrected chi connectivity index (χ3v) is 75.3. The summed E-state index contributed by atoms with van der Waals surface area (Å²) in [4.78, 5) is 0. The predicted molar refractivity (Wildman–Crippen MR) is 94.3 cm³/mol. The SMILES string of the molecule is CC[S](=O)(=O)[Zr]([CH3])([CH3])([C]1=CC=CC1)([C]1=CC=CC1)[S](=O)(=O)CC. The van der Waals surface area contributed by atoms with Crippen molar-refractivity contribution in [3.8, 4) is 0 Å². The quantitative estimate of drug-likeness (QED) is 0.635. The Bertz CT molecular complexity index is 808. The Morgan fingerprint density at radius 3 is 1.39 bits per heavy atom. The minimum absolute atomic E-state index is 0.161. The Morgan fingerprint density at radius 1 is 0.826 bits per heavy atom. The molecule has 130 valence electrons. The van der Waals surface area contributed by atoms with Gasteiger partial charge in [0.2, 0.25) is 0 Å². The van der Waals surface area contributed by atoms with Crippen LogP contribution in [0.4, 0.5) is 0 Å². The first-order chi connectivity index (χ1) is 10.5. The number of hydrogen-bond acceptors (Lipinski definition) is 4. The molecule has 0 aromatic rings. The van der Waals surface area contributed by atoms with E-state index in [0.29, 0.717) is 19.4 Å². The molecule has 0 saturated heterocycles. The molecule has 0 spiro atoms. The zero-order valence-electron chi connectivity index (χ0n) is 14.2. The Labute approximate surface area is 134 Å². The average molecular weight is 438 g/mol. The monoisotopic (exact) mass is 436 g/mol. The van der Waals surface area contributed by atoms with Crippen LogP contribution < -0.4 is 0 Å². The third kappa shape index (κ3) is 1.74. The second-order valence-electron chi connectivity index (χ2n) is 7.39. The topological polar surface area (TPSA) is 68.3 Å².